The number of ether oxygens (including phenoxy) is 7. The van der Waals surface area contributed by atoms with E-state index in [1.165, 1.54) is 4.90 Å². The number of nitrogens with zero attached hydrogens (tertiary/aromatic N) is 5. The minimum absolute atomic E-state index is 0.0228. The van der Waals surface area contributed by atoms with E-state index < -0.39 is 6.09 Å². The molecule has 61 heavy (non-hydrogen) atoms. The second-order valence-corrected chi connectivity index (χ2v) is 14.4. The van der Waals surface area contributed by atoms with Crippen LogP contribution in [0.4, 0.5) is 22.1 Å². The highest BCUT2D eigenvalue weighted by atomic mass is 16.6. The molecule has 2 aliphatic rings. The summed E-state index contributed by atoms with van der Waals surface area (Å²) in [4.78, 5) is 49.9. The third kappa shape index (κ3) is 15.9. The van der Waals surface area contributed by atoms with Crippen LogP contribution in [0.5, 0.6) is 0 Å². The van der Waals surface area contributed by atoms with Crippen molar-refractivity contribution in [2.24, 2.45) is 5.92 Å². The number of anilines is 3. The summed E-state index contributed by atoms with van der Waals surface area (Å²) < 4.78 is 38.3. The molecule has 1 aromatic heterocycles. The van der Waals surface area contributed by atoms with Gasteiger partial charge < -0.3 is 58.5 Å². The molecule has 2 aromatic carbocycles. The van der Waals surface area contributed by atoms with Crippen LogP contribution >= 0.6 is 0 Å². The molecule has 0 radical (unpaired) electrons. The molecule has 0 unspecified atom stereocenters. The number of hydrogen-bond acceptors (Lipinski definition) is 14. The Bertz CT molecular complexity index is 1770. The quantitative estimate of drug-likeness (QED) is 0.0629. The van der Waals surface area contributed by atoms with Gasteiger partial charge in [0, 0.05) is 44.5 Å². The lowest BCUT2D eigenvalue weighted by Crippen LogP contribution is -2.52. The Balaban J connectivity index is 0.942. The highest BCUT2D eigenvalue weighted by Crippen LogP contribution is 2.45. The maximum absolute atomic E-state index is 13.0. The first kappa shape index (κ1) is 47.3. The van der Waals surface area contributed by atoms with Crippen molar-refractivity contribution in [2.75, 3.05) is 127 Å². The minimum Gasteiger partial charge on any atom is -0.465 e. The van der Waals surface area contributed by atoms with Crippen molar-refractivity contribution in [3.63, 3.8) is 0 Å². The lowest BCUT2D eigenvalue weighted by molar-refractivity contribution is -0.117. The number of aliphatic hydroxyl groups excluding tert-OH is 1. The van der Waals surface area contributed by atoms with Gasteiger partial charge in [-0.3, -0.25) is 14.5 Å². The van der Waals surface area contributed by atoms with Gasteiger partial charge in [0.1, 0.15) is 0 Å². The zero-order chi connectivity index (χ0) is 43.1. The fraction of sp³-hybridized carbons (Fsp3) is 0.558. The highest BCUT2D eigenvalue weighted by Gasteiger charge is 2.42. The first-order valence-electron chi connectivity index (χ1n) is 20.8. The maximum Gasteiger partial charge on any atom is 0.404 e. The summed E-state index contributed by atoms with van der Waals surface area (Å²) in [6, 6.07) is 14.0. The first-order chi connectivity index (χ1) is 29.9. The van der Waals surface area contributed by atoms with Gasteiger partial charge >= 0.3 is 6.09 Å². The van der Waals surface area contributed by atoms with Gasteiger partial charge in [0.05, 0.1) is 123 Å². The van der Waals surface area contributed by atoms with Gasteiger partial charge in [-0.1, -0.05) is 30.3 Å². The molecular weight excluding hydrogens is 793 g/mol. The van der Waals surface area contributed by atoms with Crippen molar-refractivity contribution in [2.45, 2.75) is 39.0 Å². The molecule has 3 amide bonds. The number of fused-ring (bicyclic) bond motifs is 1. The number of carbonyl (C=O) groups is 3. The number of aliphatic hydroxyl groups is 1. The van der Waals surface area contributed by atoms with E-state index in [-0.39, 0.29) is 44.2 Å². The van der Waals surface area contributed by atoms with Crippen LogP contribution in [-0.4, -0.2) is 157 Å². The van der Waals surface area contributed by atoms with Crippen molar-refractivity contribution in [3.8, 4) is 11.1 Å². The zero-order valence-corrected chi connectivity index (χ0v) is 35.0. The van der Waals surface area contributed by atoms with Gasteiger partial charge in [-0.25, -0.2) is 14.8 Å². The van der Waals surface area contributed by atoms with Crippen LogP contribution in [0.25, 0.3) is 11.1 Å². The van der Waals surface area contributed by atoms with Crippen LogP contribution < -0.4 is 20.0 Å². The molecule has 1 aliphatic heterocycles. The summed E-state index contributed by atoms with van der Waals surface area (Å²) in [5.74, 6) is 0.753. The summed E-state index contributed by atoms with van der Waals surface area (Å²) in [7, 11) is 0. The number of carbonyl (C=O) groups excluding carboxylic acids is 2. The molecule has 18 heteroatoms. The topological polar surface area (TPSA) is 204 Å². The molecule has 2 heterocycles. The lowest BCUT2D eigenvalue weighted by atomic mass is 9.98. The Hall–Kier alpha value is -4.79. The number of hydrogen-bond donors (Lipinski definition) is 3. The number of rotatable bonds is 31. The molecule has 0 spiro atoms. The molecule has 1 fully saturated rings. The van der Waals surface area contributed by atoms with E-state index in [2.05, 4.69) is 26.3 Å². The predicted molar refractivity (Wildman–Crippen MR) is 226 cm³/mol. The zero-order valence-electron chi connectivity index (χ0n) is 35.0. The van der Waals surface area contributed by atoms with Crippen LogP contribution in [0.3, 0.4) is 0 Å². The van der Waals surface area contributed by atoms with Crippen LogP contribution in [0.1, 0.15) is 30.9 Å². The van der Waals surface area contributed by atoms with Gasteiger partial charge in [-0.15, -0.1) is 0 Å². The number of aromatic nitrogens is 2. The lowest BCUT2D eigenvalue weighted by Gasteiger charge is -2.44. The molecule has 1 aliphatic carbocycles. The summed E-state index contributed by atoms with van der Waals surface area (Å²) in [5, 5.41) is 20.7. The maximum atomic E-state index is 13.0. The molecule has 3 N–H and O–H groups in total. The normalized spacial score (nSPS) is 14.8. The van der Waals surface area contributed by atoms with Gasteiger partial charge in [-0.05, 0) is 47.6 Å². The average Bonchev–Trinajstić information content (AvgIpc) is 4.12. The Morgan fingerprint density at radius 1 is 0.754 bits per heavy atom. The largest absolute Gasteiger partial charge is 0.465 e. The molecule has 18 nitrogen and oxygen atoms in total. The Kier molecular flexibility index (Phi) is 20.6. The molecule has 334 valence electrons. The monoisotopic (exact) mass is 852 g/mol. The number of amides is 3. The SMILES string of the molecule is CC(=O)N1c2ccc(-c3cnc(N(C=O)CCOCCOCCOCCOCCOCCOCCOCCNC(=O)O)nc3)cc2N(Cc2ccccc2CO)C[C@@H]1C1CC1. The van der Waals surface area contributed by atoms with Crippen molar-refractivity contribution in [3.05, 3.63) is 66.0 Å². The molecule has 0 saturated heterocycles. The Morgan fingerprint density at radius 2 is 1.30 bits per heavy atom. The van der Waals surface area contributed by atoms with Crippen molar-refractivity contribution in [1.82, 2.24) is 15.3 Å². The van der Waals surface area contributed by atoms with Gasteiger partial charge in [0.2, 0.25) is 18.3 Å². The standard InChI is InChI=1S/C43H60N6O12/c1-33(52)49-39-9-8-35(26-40(39)48(30-41(49)34-6-7-34)29-36-4-2-3-5-37(36)31-50)38-27-45-42(46-28-38)47(32-51)11-13-56-15-17-58-19-21-60-23-25-61-24-22-59-20-18-57-16-14-55-12-10-44-43(53)54/h2-5,8-9,26-28,32,34,41,44,50H,6-7,10-25,29-31H2,1H3,(H,53,54)/t41-/m1/s1. The summed E-state index contributed by atoms with van der Waals surface area (Å²) in [6.07, 6.45) is 5.21. The Labute approximate surface area is 357 Å². The molecule has 1 atom stereocenters. The first-order valence-corrected chi connectivity index (χ1v) is 20.8. The molecular formula is C43H60N6O12. The fourth-order valence-electron chi connectivity index (χ4n) is 6.84. The van der Waals surface area contributed by atoms with E-state index in [1.54, 1.807) is 19.3 Å². The van der Waals surface area contributed by atoms with Crippen LogP contribution in [0.2, 0.25) is 0 Å². The molecule has 5 rings (SSSR count). The Morgan fingerprint density at radius 3 is 1.80 bits per heavy atom. The van der Waals surface area contributed by atoms with E-state index >= 15 is 0 Å². The summed E-state index contributed by atoms with van der Waals surface area (Å²) in [5.41, 5.74) is 5.38. The second kappa shape index (κ2) is 26.5. The van der Waals surface area contributed by atoms with E-state index in [1.807, 2.05) is 41.3 Å². The summed E-state index contributed by atoms with van der Waals surface area (Å²) in [6.45, 7) is 8.93. The number of carboxylic acid groups (broad SMARTS) is 1. The van der Waals surface area contributed by atoms with E-state index in [9.17, 15) is 19.5 Å². The number of nitrogens with one attached hydrogen (secondary N) is 1. The minimum atomic E-state index is -1.07. The predicted octanol–water partition coefficient (Wildman–Crippen LogP) is 3.13. The van der Waals surface area contributed by atoms with Gasteiger partial charge in [0.15, 0.2) is 0 Å². The molecule has 0 bridgehead atoms. The van der Waals surface area contributed by atoms with Crippen molar-refractivity contribution >= 4 is 35.7 Å². The molecule has 1 saturated carbocycles. The van der Waals surface area contributed by atoms with Gasteiger partial charge in [0.25, 0.3) is 0 Å². The van der Waals surface area contributed by atoms with Crippen LogP contribution in [0, 0.1) is 5.92 Å². The smallest absolute Gasteiger partial charge is 0.404 e. The fourth-order valence-corrected chi connectivity index (χ4v) is 6.84. The third-order valence-electron chi connectivity index (χ3n) is 10.1. The average molecular weight is 853 g/mol. The molecule has 3 aromatic rings. The van der Waals surface area contributed by atoms with Crippen molar-refractivity contribution in [1.29, 1.82) is 0 Å². The third-order valence-corrected chi connectivity index (χ3v) is 10.1. The van der Waals surface area contributed by atoms with Crippen LogP contribution in [0.15, 0.2) is 54.9 Å². The van der Waals surface area contributed by atoms with Crippen molar-refractivity contribution < 1.29 is 57.8 Å². The van der Waals surface area contributed by atoms with E-state index in [0.29, 0.717) is 111 Å². The van der Waals surface area contributed by atoms with Crippen LogP contribution in [-0.2, 0) is 55.9 Å². The number of benzene rings is 2. The highest BCUT2D eigenvalue weighted by molar-refractivity contribution is 5.98. The van der Waals surface area contributed by atoms with E-state index in [4.69, 9.17) is 38.3 Å². The summed E-state index contributed by atoms with van der Waals surface area (Å²) >= 11 is 0. The van der Waals surface area contributed by atoms with Gasteiger partial charge in [-0.2, -0.15) is 0 Å². The second-order valence-electron chi connectivity index (χ2n) is 14.4. The van der Waals surface area contributed by atoms with E-state index in [0.717, 1.165) is 46.5 Å².